The molecule has 2 aromatic heterocycles. The number of hydrogen-bond acceptors (Lipinski definition) is 6. The van der Waals surface area contributed by atoms with Crippen molar-refractivity contribution in [1.29, 1.82) is 0 Å². The van der Waals surface area contributed by atoms with Crippen molar-refractivity contribution in [1.82, 2.24) is 19.5 Å². The monoisotopic (exact) mass is 571 g/mol. The molecule has 1 unspecified atom stereocenters. The number of carbonyl (C=O) groups is 2. The van der Waals surface area contributed by atoms with Gasteiger partial charge in [-0.15, -0.1) is 0 Å². The van der Waals surface area contributed by atoms with E-state index in [1.807, 2.05) is 25.3 Å². The zero-order valence-electron chi connectivity index (χ0n) is 18.7. The van der Waals surface area contributed by atoms with Gasteiger partial charge in [0.2, 0.25) is 0 Å². The maximum atomic E-state index is 12.6. The summed E-state index contributed by atoms with van der Waals surface area (Å²) < 4.78 is 2.28. The number of nitrogens with zero attached hydrogens (tertiary/aromatic N) is 4. The number of pyridine rings is 1. The Labute approximate surface area is 211 Å². The first-order chi connectivity index (χ1) is 16.4. The van der Waals surface area contributed by atoms with Crippen LogP contribution in [0, 0.1) is 3.57 Å². The molecule has 9 nitrogen and oxygen atoms in total. The first kappa shape index (κ1) is 23.7. The van der Waals surface area contributed by atoms with Crippen LogP contribution < -0.4 is 16.9 Å². The summed E-state index contributed by atoms with van der Waals surface area (Å²) in [4.78, 5) is 36.0. The van der Waals surface area contributed by atoms with Crippen LogP contribution in [0.5, 0.6) is 0 Å². The number of likely N-dealkylation sites (tertiary alicyclic amines) is 1. The Bertz CT molecular complexity index is 1240. The first-order valence-electron chi connectivity index (χ1n) is 11.0. The number of amides is 2. The molecule has 3 aromatic rings. The van der Waals surface area contributed by atoms with Gasteiger partial charge >= 0.3 is 0 Å². The molecule has 1 aliphatic heterocycles. The number of rotatable bonds is 6. The number of aromatic nitrogens is 3. The summed E-state index contributed by atoms with van der Waals surface area (Å²) in [5.41, 5.74) is 7.33. The summed E-state index contributed by atoms with van der Waals surface area (Å²) in [6.45, 7) is 2.86. The topological polar surface area (TPSA) is 132 Å². The predicted molar refractivity (Wildman–Crippen MR) is 139 cm³/mol. The Morgan fingerprint density at radius 2 is 1.97 bits per heavy atom. The number of nitrogens with two attached hydrogens (primary N) is 2. The fourth-order valence-electron chi connectivity index (χ4n) is 4.16. The van der Waals surface area contributed by atoms with E-state index >= 15 is 0 Å². The minimum absolute atomic E-state index is 0.0481. The molecule has 1 aliphatic rings. The van der Waals surface area contributed by atoms with Crippen LogP contribution in [-0.4, -0.2) is 37.9 Å². The molecule has 1 fully saturated rings. The van der Waals surface area contributed by atoms with Gasteiger partial charge in [-0.3, -0.25) is 9.59 Å². The van der Waals surface area contributed by atoms with Crippen molar-refractivity contribution in [2.24, 2.45) is 5.73 Å². The molecule has 0 spiro atoms. The van der Waals surface area contributed by atoms with Crippen molar-refractivity contribution in [3.63, 3.8) is 0 Å². The third kappa shape index (κ3) is 4.91. The van der Waals surface area contributed by atoms with Gasteiger partial charge in [0.15, 0.2) is 11.5 Å². The molecule has 4 rings (SSSR count). The highest BCUT2D eigenvalue weighted by Gasteiger charge is 2.30. The van der Waals surface area contributed by atoms with Crippen LogP contribution in [0.2, 0.25) is 0 Å². The number of carbonyl (C=O) groups excluding carboxylic acids is 2. The average molecular weight is 571 g/mol. The number of halogens is 1. The van der Waals surface area contributed by atoms with Crippen LogP contribution >= 0.6 is 22.6 Å². The molecule has 5 N–H and O–H groups in total. The number of nitrogen functional groups attached to an aromatic ring is 1. The lowest BCUT2D eigenvalue weighted by atomic mass is 10.0. The Balaban J connectivity index is 1.64. The highest BCUT2D eigenvalue weighted by atomic mass is 127. The number of nitrogens with one attached hydrogen (secondary N) is 1. The second kappa shape index (κ2) is 10.2. The van der Waals surface area contributed by atoms with E-state index in [-0.39, 0.29) is 17.6 Å². The lowest BCUT2D eigenvalue weighted by molar-refractivity contribution is 0.0990. The molecule has 1 aromatic carbocycles. The van der Waals surface area contributed by atoms with E-state index in [9.17, 15) is 9.59 Å². The number of benzene rings is 1. The predicted octanol–water partition coefficient (Wildman–Crippen LogP) is 3.68. The quantitative estimate of drug-likeness (QED) is 0.306. The van der Waals surface area contributed by atoms with Crippen molar-refractivity contribution in [3.8, 4) is 11.3 Å². The van der Waals surface area contributed by atoms with Gasteiger partial charge in [0.25, 0.3) is 11.8 Å². The third-order valence-corrected chi connectivity index (χ3v) is 6.41. The number of primary amides is 1. The van der Waals surface area contributed by atoms with Crippen LogP contribution in [0.25, 0.3) is 11.3 Å². The second-order valence-electron chi connectivity index (χ2n) is 8.02. The molecule has 3 heterocycles. The van der Waals surface area contributed by atoms with Gasteiger partial charge in [-0.1, -0.05) is 18.2 Å². The zero-order valence-corrected chi connectivity index (χ0v) is 20.9. The average Bonchev–Trinajstić information content (AvgIpc) is 3.17. The Kier molecular flexibility index (Phi) is 7.15. The summed E-state index contributed by atoms with van der Waals surface area (Å²) in [7, 11) is 0. The number of imidazole rings is 1. The van der Waals surface area contributed by atoms with Crippen LogP contribution in [0.15, 0.2) is 54.9 Å². The van der Waals surface area contributed by atoms with Crippen molar-refractivity contribution >= 4 is 40.2 Å². The third-order valence-electron chi connectivity index (χ3n) is 5.74. The van der Waals surface area contributed by atoms with E-state index < -0.39 is 5.91 Å². The van der Waals surface area contributed by atoms with Gasteiger partial charge < -0.3 is 21.8 Å². The summed E-state index contributed by atoms with van der Waals surface area (Å²) in [5.74, 6) is 6.46. The molecule has 0 aliphatic carbocycles. The SMILES string of the molecule is CC=CN1CCCCC1c1nc(-c2ccc(C(=O)Nc3cc(I)ccn3)cc2)c(C(N)=O)n1N. The Hall–Kier alpha value is -3.41. The molecular formula is C24H26IN7O2. The zero-order chi connectivity index (χ0) is 24.2. The van der Waals surface area contributed by atoms with Gasteiger partial charge in [0, 0.05) is 27.4 Å². The summed E-state index contributed by atoms with van der Waals surface area (Å²) in [6.07, 6.45) is 8.65. The number of hydrogen-bond donors (Lipinski definition) is 3. The lowest BCUT2D eigenvalue weighted by Gasteiger charge is -2.34. The molecule has 0 radical (unpaired) electrons. The van der Waals surface area contributed by atoms with Crippen molar-refractivity contribution in [2.75, 3.05) is 17.7 Å². The fraction of sp³-hybridized carbons (Fsp3) is 0.250. The highest BCUT2D eigenvalue weighted by Crippen LogP contribution is 2.33. The number of allylic oxidation sites excluding steroid dienone is 1. The van der Waals surface area contributed by atoms with Crippen molar-refractivity contribution in [3.05, 3.63) is 75.5 Å². The van der Waals surface area contributed by atoms with Crippen LogP contribution in [0.3, 0.4) is 0 Å². The fourth-order valence-corrected chi connectivity index (χ4v) is 4.62. The van der Waals surface area contributed by atoms with Gasteiger partial charge in [-0.2, -0.15) is 0 Å². The maximum absolute atomic E-state index is 12.6. The molecule has 176 valence electrons. The minimum Gasteiger partial charge on any atom is -0.368 e. The lowest BCUT2D eigenvalue weighted by Crippen LogP contribution is -2.33. The van der Waals surface area contributed by atoms with Gasteiger partial charge in [-0.25, -0.2) is 14.6 Å². The van der Waals surface area contributed by atoms with Crippen molar-refractivity contribution in [2.45, 2.75) is 32.2 Å². The maximum Gasteiger partial charge on any atom is 0.269 e. The van der Waals surface area contributed by atoms with E-state index in [1.165, 1.54) is 4.68 Å². The molecule has 10 heteroatoms. The van der Waals surface area contributed by atoms with Gasteiger partial charge in [-0.05, 0) is 79.2 Å². The summed E-state index contributed by atoms with van der Waals surface area (Å²) in [5, 5.41) is 2.78. The van der Waals surface area contributed by atoms with E-state index in [1.54, 1.807) is 36.5 Å². The molecule has 0 bridgehead atoms. The van der Waals surface area contributed by atoms with E-state index in [0.29, 0.717) is 28.5 Å². The molecular weight excluding hydrogens is 545 g/mol. The summed E-state index contributed by atoms with van der Waals surface area (Å²) in [6, 6.07) is 10.4. The number of piperidine rings is 1. The van der Waals surface area contributed by atoms with Crippen molar-refractivity contribution < 1.29 is 9.59 Å². The van der Waals surface area contributed by atoms with Crippen LogP contribution in [0.4, 0.5) is 5.82 Å². The van der Waals surface area contributed by atoms with Crippen LogP contribution in [-0.2, 0) is 0 Å². The smallest absolute Gasteiger partial charge is 0.269 e. The Morgan fingerprint density at radius 1 is 1.21 bits per heavy atom. The molecule has 1 saturated heterocycles. The highest BCUT2D eigenvalue weighted by molar-refractivity contribution is 14.1. The minimum atomic E-state index is -0.656. The molecule has 2 amide bonds. The molecule has 1 atom stereocenters. The van der Waals surface area contributed by atoms with E-state index in [2.05, 4.69) is 37.8 Å². The van der Waals surface area contributed by atoms with Gasteiger partial charge in [0.1, 0.15) is 11.5 Å². The standard InChI is InChI=1S/C24H26IN7O2/c1-2-12-31-13-4-3-5-18(31)23-30-20(21(22(26)33)32(23)27)15-6-8-16(9-7-15)24(34)29-19-14-17(25)10-11-28-19/h2,6-12,14,18H,3-5,13,27H2,1H3,(H2,26,33)(H,28,29,34). The summed E-state index contributed by atoms with van der Waals surface area (Å²) >= 11 is 2.16. The molecule has 34 heavy (non-hydrogen) atoms. The Morgan fingerprint density at radius 3 is 2.65 bits per heavy atom. The van der Waals surface area contributed by atoms with E-state index in [0.717, 1.165) is 29.4 Å². The van der Waals surface area contributed by atoms with Crippen LogP contribution in [0.1, 0.15) is 58.9 Å². The van der Waals surface area contributed by atoms with Gasteiger partial charge in [0.05, 0.1) is 6.04 Å². The largest absolute Gasteiger partial charge is 0.368 e. The van der Waals surface area contributed by atoms with E-state index in [4.69, 9.17) is 16.6 Å². The molecule has 0 saturated carbocycles. The number of anilines is 1. The first-order valence-corrected chi connectivity index (χ1v) is 12.1. The normalized spacial score (nSPS) is 16.1. The second-order valence-corrected chi connectivity index (χ2v) is 9.27.